The Balaban J connectivity index is 0.00000363. The maximum absolute atomic E-state index is 13.4. The minimum Gasteiger partial charge on any atom is -0.357 e. The molecule has 1 fully saturated rings. The predicted molar refractivity (Wildman–Crippen MR) is 136 cm³/mol. The van der Waals surface area contributed by atoms with E-state index in [4.69, 9.17) is 0 Å². The van der Waals surface area contributed by atoms with Gasteiger partial charge in [0.05, 0.1) is 11.4 Å². The number of hydrogen-bond donors (Lipinski definition) is 2. The highest BCUT2D eigenvalue weighted by atomic mass is 127. The van der Waals surface area contributed by atoms with Gasteiger partial charge in [-0.05, 0) is 43.3 Å². The van der Waals surface area contributed by atoms with Crippen LogP contribution in [0.25, 0.3) is 0 Å². The minimum atomic E-state index is -3.57. The second-order valence-corrected chi connectivity index (χ2v) is 9.40. The van der Waals surface area contributed by atoms with E-state index in [0.29, 0.717) is 49.1 Å². The molecule has 0 bridgehead atoms. The van der Waals surface area contributed by atoms with E-state index in [9.17, 15) is 12.8 Å². The van der Waals surface area contributed by atoms with Crippen molar-refractivity contribution in [2.75, 3.05) is 39.8 Å². The topological polar surface area (TPSA) is 77.0 Å². The number of nitrogens with zero attached hydrogens (tertiary/aromatic N) is 3. The van der Waals surface area contributed by atoms with Crippen LogP contribution < -0.4 is 10.6 Å². The van der Waals surface area contributed by atoms with Crippen LogP contribution in [-0.4, -0.2) is 63.4 Å². The third-order valence-corrected chi connectivity index (χ3v) is 7.15. The van der Waals surface area contributed by atoms with Crippen LogP contribution >= 0.6 is 24.0 Å². The second kappa shape index (κ2) is 12.5. The molecular weight excluding hydrogens is 544 g/mol. The third kappa shape index (κ3) is 7.12. The number of rotatable bonds is 7. The van der Waals surface area contributed by atoms with Gasteiger partial charge in [-0.25, -0.2) is 17.8 Å². The Morgan fingerprint density at radius 1 is 1.06 bits per heavy atom. The van der Waals surface area contributed by atoms with Gasteiger partial charge in [-0.3, -0.25) is 0 Å². The number of guanidine groups is 1. The van der Waals surface area contributed by atoms with E-state index in [1.807, 2.05) is 32.2 Å². The van der Waals surface area contributed by atoms with Crippen LogP contribution in [0, 0.1) is 5.82 Å². The fourth-order valence-corrected chi connectivity index (χ4v) is 5.04. The van der Waals surface area contributed by atoms with E-state index in [-0.39, 0.29) is 29.8 Å². The van der Waals surface area contributed by atoms with Crippen LogP contribution in [0.5, 0.6) is 0 Å². The summed E-state index contributed by atoms with van der Waals surface area (Å²) in [7, 11) is -1.58. The zero-order chi connectivity index (χ0) is 22.3. The average Bonchev–Trinajstić information content (AvgIpc) is 2.76. The highest BCUT2D eigenvalue weighted by Crippen LogP contribution is 2.21. The van der Waals surface area contributed by atoms with Crippen molar-refractivity contribution >= 4 is 40.0 Å². The number of nitrogens with one attached hydrogen (secondary N) is 2. The fourth-order valence-electron chi connectivity index (χ4n) is 3.40. The maximum Gasteiger partial charge on any atom is 0.243 e. The summed E-state index contributed by atoms with van der Waals surface area (Å²) in [5.41, 5.74) is 1.44. The molecule has 32 heavy (non-hydrogen) atoms. The van der Waals surface area contributed by atoms with E-state index < -0.39 is 10.0 Å². The quantitative estimate of drug-likeness (QED) is 0.302. The van der Waals surface area contributed by atoms with E-state index in [1.54, 1.807) is 22.5 Å². The summed E-state index contributed by atoms with van der Waals surface area (Å²) in [5, 5.41) is 6.34. The Hall–Kier alpha value is -1.76. The zero-order valence-corrected chi connectivity index (χ0v) is 21.6. The molecule has 0 aromatic heterocycles. The molecule has 2 aromatic carbocycles. The first kappa shape index (κ1) is 26.5. The molecule has 0 amide bonds. The fraction of sp³-hybridized carbons (Fsp3) is 0.409. The molecule has 1 aliphatic heterocycles. The van der Waals surface area contributed by atoms with Crippen LogP contribution in [-0.2, 0) is 23.1 Å². The molecule has 1 aliphatic rings. The second-order valence-electron chi connectivity index (χ2n) is 7.49. The van der Waals surface area contributed by atoms with Crippen molar-refractivity contribution in [3.63, 3.8) is 0 Å². The summed E-state index contributed by atoms with van der Waals surface area (Å²) in [6.07, 6.45) is 0. The van der Waals surface area contributed by atoms with Crippen LogP contribution in [0.3, 0.4) is 0 Å². The maximum atomic E-state index is 13.4. The van der Waals surface area contributed by atoms with Crippen molar-refractivity contribution in [1.82, 2.24) is 19.8 Å². The summed E-state index contributed by atoms with van der Waals surface area (Å²) in [5.74, 6) is 0.243. The molecule has 0 spiro atoms. The van der Waals surface area contributed by atoms with Crippen LogP contribution in [0.4, 0.5) is 4.39 Å². The number of sulfonamides is 1. The first-order valence-electron chi connectivity index (χ1n) is 10.4. The van der Waals surface area contributed by atoms with E-state index in [2.05, 4.69) is 20.5 Å². The van der Waals surface area contributed by atoms with Gasteiger partial charge >= 0.3 is 0 Å². The number of aliphatic imine (C=N–C) groups is 1. The van der Waals surface area contributed by atoms with Gasteiger partial charge in [0, 0.05) is 39.3 Å². The zero-order valence-electron chi connectivity index (χ0n) is 18.4. The largest absolute Gasteiger partial charge is 0.357 e. The first-order valence-corrected chi connectivity index (χ1v) is 11.9. The molecule has 7 nitrogen and oxygen atoms in total. The first-order chi connectivity index (χ1) is 14.9. The van der Waals surface area contributed by atoms with E-state index in [0.717, 1.165) is 18.7 Å². The lowest BCUT2D eigenvalue weighted by Gasteiger charge is -2.32. The molecule has 0 radical (unpaired) electrons. The molecule has 2 aromatic rings. The number of likely N-dealkylation sites (N-methyl/N-ethyl adjacent to an activating group) is 1. The number of halogens is 2. The summed E-state index contributed by atoms with van der Waals surface area (Å²) >= 11 is 0. The van der Waals surface area contributed by atoms with Crippen molar-refractivity contribution in [3.05, 3.63) is 65.5 Å². The van der Waals surface area contributed by atoms with Gasteiger partial charge in [-0.15, -0.1) is 24.0 Å². The lowest BCUT2D eigenvalue weighted by atomic mass is 10.2. The molecule has 0 saturated carbocycles. The van der Waals surface area contributed by atoms with E-state index in [1.165, 1.54) is 12.1 Å². The molecule has 176 valence electrons. The normalized spacial score (nSPS) is 15.8. The summed E-state index contributed by atoms with van der Waals surface area (Å²) in [6.45, 7) is 5.62. The molecule has 0 unspecified atom stereocenters. The minimum absolute atomic E-state index is 0. The number of benzene rings is 2. The lowest BCUT2D eigenvalue weighted by molar-refractivity contribution is 0.222. The van der Waals surface area contributed by atoms with Gasteiger partial charge in [0.15, 0.2) is 5.96 Å². The van der Waals surface area contributed by atoms with Crippen molar-refractivity contribution < 1.29 is 12.8 Å². The van der Waals surface area contributed by atoms with Crippen LogP contribution in [0.1, 0.15) is 18.1 Å². The van der Waals surface area contributed by atoms with Crippen molar-refractivity contribution in [2.45, 2.75) is 24.9 Å². The molecule has 0 aliphatic carbocycles. The average molecular weight is 575 g/mol. The van der Waals surface area contributed by atoms with E-state index >= 15 is 0 Å². The van der Waals surface area contributed by atoms with Crippen molar-refractivity contribution in [2.24, 2.45) is 4.99 Å². The highest BCUT2D eigenvalue weighted by molar-refractivity contribution is 14.0. The Kier molecular flexibility index (Phi) is 10.3. The Labute approximate surface area is 207 Å². The van der Waals surface area contributed by atoms with Gasteiger partial charge in [-0.2, -0.15) is 4.31 Å². The predicted octanol–water partition coefficient (Wildman–Crippen LogP) is 2.64. The van der Waals surface area contributed by atoms with Gasteiger partial charge in [0.1, 0.15) is 5.82 Å². The molecule has 1 saturated heterocycles. The molecular formula is C22H31FIN5O2S. The Morgan fingerprint density at radius 2 is 1.78 bits per heavy atom. The standard InChI is InChI=1S/C22H30FN5O2S.HI/c1-3-24-22(25-16-18-7-6-9-20(23)15-18)26-17-19-8-4-5-10-21(19)31(29,30)28-13-11-27(2)12-14-28;/h4-10,15H,3,11-14,16-17H2,1-2H3,(H2,24,25,26);1H. The van der Waals surface area contributed by atoms with Gasteiger partial charge < -0.3 is 15.5 Å². The highest BCUT2D eigenvalue weighted by Gasteiger charge is 2.29. The molecule has 0 atom stereocenters. The third-order valence-electron chi connectivity index (χ3n) is 5.15. The Bertz CT molecular complexity index is 1010. The molecule has 10 heteroatoms. The smallest absolute Gasteiger partial charge is 0.243 e. The molecule has 3 rings (SSSR count). The monoisotopic (exact) mass is 575 g/mol. The molecule has 2 N–H and O–H groups in total. The van der Waals surface area contributed by atoms with Crippen molar-refractivity contribution in [3.8, 4) is 0 Å². The van der Waals surface area contributed by atoms with Gasteiger partial charge in [0.2, 0.25) is 10.0 Å². The van der Waals surface area contributed by atoms with Crippen LogP contribution in [0.15, 0.2) is 58.4 Å². The lowest BCUT2D eigenvalue weighted by Crippen LogP contribution is -2.47. The summed E-state index contributed by atoms with van der Waals surface area (Å²) in [6, 6.07) is 13.4. The number of hydrogen-bond acceptors (Lipinski definition) is 4. The molecule has 1 heterocycles. The number of piperazine rings is 1. The van der Waals surface area contributed by atoms with Crippen LogP contribution in [0.2, 0.25) is 0 Å². The summed E-state index contributed by atoms with van der Waals surface area (Å²) < 4.78 is 41.4. The van der Waals surface area contributed by atoms with Gasteiger partial charge in [-0.1, -0.05) is 30.3 Å². The SMILES string of the molecule is CCNC(=NCc1cccc(F)c1)NCc1ccccc1S(=O)(=O)N1CCN(C)CC1.I. The van der Waals surface area contributed by atoms with Crippen molar-refractivity contribution in [1.29, 1.82) is 0 Å². The van der Waals surface area contributed by atoms with Gasteiger partial charge in [0.25, 0.3) is 0 Å². The Morgan fingerprint density at radius 3 is 2.47 bits per heavy atom. The summed E-state index contributed by atoms with van der Waals surface area (Å²) in [4.78, 5) is 6.93.